The quantitative estimate of drug-likeness (QED) is 0.430. The molecule has 1 fully saturated rings. The number of ether oxygens (including phenoxy) is 1. The molecule has 8 nitrogen and oxygen atoms in total. The van der Waals surface area contributed by atoms with Crippen LogP contribution in [0.2, 0.25) is 0 Å². The maximum atomic E-state index is 13.6. The predicted molar refractivity (Wildman–Crippen MR) is 135 cm³/mol. The van der Waals surface area contributed by atoms with Crippen molar-refractivity contribution in [2.24, 2.45) is 7.05 Å². The van der Waals surface area contributed by atoms with Crippen molar-refractivity contribution >= 4 is 16.7 Å². The van der Waals surface area contributed by atoms with Crippen LogP contribution in [-0.2, 0) is 7.05 Å². The predicted octanol–water partition coefficient (Wildman–Crippen LogP) is 3.26. The molecule has 0 N–H and O–H groups in total. The molecule has 182 valence electrons. The van der Waals surface area contributed by atoms with Gasteiger partial charge in [-0.1, -0.05) is 18.2 Å². The zero-order valence-corrected chi connectivity index (χ0v) is 20.1. The van der Waals surface area contributed by atoms with E-state index in [1.165, 1.54) is 23.8 Å². The van der Waals surface area contributed by atoms with Crippen LogP contribution in [0.15, 0.2) is 65.6 Å². The molecule has 0 radical (unpaired) electrons. The highest BCUT2D eigenvalue weighted by atomic mass is 19.1. The molecule has 3 aromatic heterocycles. The Morgan fingerprint density at radius 3 is 2.44 bits per heavy atom. The summed E-state index contributed by atoms with van der Waals surface area (Å²) in [5.74, 6) is 0.129. The third kappa shape index (κ3) is 4.16. The van der Waals surface area contributed by atoms with Crippen molar-refractivity contribution in [1.82, 2.24) is 19.4 Å². The number of halogens is 1. The second-order valence-electron chi connectivity index (χ2n) is 8.65. The van der Waals surface area contributed by atoms with E-state index in [1.54, 1.807) is 37.5 Å². The van der Waals surface area contributed by atoms with Crippen LogP contribution in [0.3, 0.4) is 0 Å². The molecule has 0 spiro atoms. The Morgan fingerprint density at radius 1 is 1.06 bits per heavy atom. The first-order chi connectivity index (χ1) is 17.5. The molecule has 1 atom stereocenters. The number of benzene rings is 1. The molecular weight excluding hydrogens is 459 g/mol. The fourth-order valence-electron chi connectivity index (χ4n) is 4.85. The molecule has 5 rings (SSSR count). The zero-order chi connectivity index (χ0) is 25.2. The van der Waals surface area contributed by atoms with Crippen molar-refractivity contribution in [3.8, 4) is 11.9 Å². The molecule has 1 unspecified atom stereocenters. The van der Waals surface area contributed by atoms with Crippen LogP contribution in [0.1, 0.15) is 22.9 Å². The first-order valence-corrected chi connectivity index (χ1v) is 11.6. The Balaban J connectivity index is 1.51. The minimum absolute atomic E-state index is 0.0685. The third-order valence-electron chi connectivity index (χ3n) is 6.66. The molecule has 36 heavy (non-hydrogen) atoms. The van der Waals surface area contributed by atoms with E-state index < -0.39 is 0 Å². The molecule has 0 saturated carbocycles. The SMILES string of the molecule is COc1ccc2c(n1)c(N1CCN(C(c3ccc(F)cc3)c3ccccn3)CC1)c(C#N)c(=O)n2C. The van der Waals surface area contributed by atoms with E-state index in [9.17, 15) is 14.4 Å². The summed E-state index contributed by atoms with van der Waals surface area (Å²) in [6.45, 7) is 2.43. The fourth-order valence-corrected chi connectivity index (χ4v) is 4.85. The molecule has 4 aromatic rings. The maximum Gasteiger partial charge on any atom is 0.270 e. The number of nitriles is 1. The lowest BCUT2D eigenvalue weighted by Gasteiger charge is -2.40. The topological polar surface area (TPSA) is 87.3 Å². The molecule has 1 aromatic carbocycles. The van der Waals surface area contributed by atoms with Crippen molar-refractivity contribution in [3.63, 3.8) is 0 Å². The van der Waals surface area contributed by atoms with Crippen molar-refractivity contribution in [2.45, 2.75) is 6.04 Å². The number of aromatic nitrogens is 3. The first kappa shape index (κ1) is 23.5. The minimum Gasteiger partial charge on any atom is -0.481 e. The van der Waals surface area contributed by atoms with Gasteiger partial charge in [-0.3, -0.25) is 14.7 Å². The van der Waals surface area contributed by atoms with Gasteiger partial charge in [0.05, 0.1) is 30.0 Å². The van der Waals surface area contributed by atoms with Gasteiger partial charge in [0.25, 0.3) is 5.56 Å². The van der Waals surface area contributed by atoms with E-state index in [0.717, 1.165) is 11.3 Å². The number of hydrogen-bond donors (Lipinski definition) is 0. The molecule has 0 amide bonds. The first-order valence-electron chi connectivity index (χ1n) is 11.6. The highest BCUT2D eigenvalue weighted by molar-refractivity contribution is 5.92. The highest BCUT2D eigenvalue weighted by Crippen LogP contribution is 2.33. The van der Waals surface area contributed by atoms with E-state index in [2.05, 4.69) is 20.9 Å². The lowest BCUT2D eigenvalue weighted by atomic mass is 10.00. The Morgan fingerprint density at radius 2 is 1.81 bits per heavy atom. The monoisotopic (exact) mass is 484 g/mol. The number of anilines is 1. The number of pyridine rings is 3. The lowest BCUT2D eigenvalue weighted by Crippen LogP contribution is -2.48. The van der Waals surface area contributed by atoms with Crippen molar-refractivity contribution in [1.29, 1.82) is 5.26 Å². The molecular formula is C27H25FN6O2. The molecule has 9 heteroatoms. The van der Waals surface area contributed by atoms with Crippen LogP contribution in [0.25, 0.3) is 11.0 Å². The van der Waals surface area contributed by atoms with E-state index in [0.29, 0.717) is 48.8 Å². The summed E-state index contributed by atoms with van der Waals surface area (Å²) >= 11 is 0. The summed E-state index contributed by atoms with van der Waals surface area (Å²) in [5.41, 5.74) is 3.26. The third-order valence-corrected chi connectivity index (χ3v) is 6.66. The van der Waals surface area contributed by atoms with Crippen LogP contribution in [0, 0.1) is 17.1 Å². The van der Waals surface area contributed by atoms with Gasteiger partial charge < -0.3 is 14.2 Å². The normalized spacial score (nSPS) is 15.0. The van der Waals surface area contributed by atoms with Gasteiger partial charge in [0.15, 0.2) is 0 Å². The summed E-state index contributed by atoms with van der Waals surface area (Å²) in [6.07, 6.45) is 1.76. The summed E-state index contributed by atoms with van der Waals surface area (Å²) in [6, 6.07) is 17.7. The summed E-state index contributed by atoms with van der Waals surface area (Å²) in [7, 11) is 3.18. The maximum absolute atomic E-state index is 13.6. The van der Waals surface area contributed by atoms with Gasteiger partial charge in [-0.05, 0) is 35.9 Å². The highest BCUT2D eigenvalue weighted by Gasteiger charge is 2.30. The Labute approximate surface area is 207 Å². The lowest BCUT2D eigenvalue weighted by molar-refractivity contribution is 0.209. The van der Waals surface area contributed by atoms with E-state index in [-0.39, 0.29) is 23.0 Å². The summed E-state index contributed by atoms with van der Waals surface area (Å²) < 4.78 is 20.4. The zero-order valence-electron chi connectivity index (χ0n) is 20.1. The molecule has 0 bridgehead atoms. The molecule has 0 aliphatic carbocycles. The number of hydrogen-bond acceptors (Lipinski definition) is 7. The van der Waals surface area contributed by atoms with Gasteiger partial charge >= 0.3 is 0 Å². The van der Waals surface area contributed by atoms with Crippen molar-refractivity contribution in [3.05, 3.63) is 93.8 Å². The summed E-state index contributed by atoms with van der Waals surface area (Å²) in [4.78, 5) is 26.5. The second kappa shape index (κ2) is 9.76. The number of nitrogens with zero attached hydrogens (tertiary/aromatic N) is 6. The van der Waals surface area contributed by atoms with Crippen LogP contribution in [0.4, 0.5) is 10.1 Å². The Hall–Kier alpha value is -4.29. The smallest absolute Gasteiger partial charge is 0.270 e. The summed E-state index contributed by atoms with van der Waals surface area (Å²) in [5, 5.41) is 9.90. The van der Waals surface area contributed by atoms with E-state index >= 15 is 0 Å². The average Bonchev–Trinajstić information content (AvgIpc) is 2.92. The fraction of sp³-hybridized carbons (Fsp3) is 0.259. The number of piperazine rings is 1. The molecule has 1 aliphatic heterocycles. The van der Waals surface area contributed by atoms with Gasteiger partial charge in [-0.2, -0.15) is 5.26 Å². The second-order valence-corrected chi connectivity index (χ2v) is 8.65. The standard InChI is InChI=1S/C27H25FN6O2/c1-32-22-10-11-23(36-2)31-24(22)26(20(17-29)27(32)35)34-15-13-33(14-16-34)25(21-5-3-4-12-30-21)18-6-8-19(28)9-7-18/h3-12,25H,13-16H2,1-2H3. The van der Waals surface area contributed by atoms with E-state index in [1.807, 2.05) is 23.1 Å². The van der Waals surface area contributed by atoms with E-state index in [4.69, 9.17) is 4.74 Å². The molecule has 4 heterocycles. The van der Waals surface area contributed by atoms with Gasteiger partial charge in [0.2, 0.25) is 5.88 Å². The molecule has 1 aliphatic rings. The van der Waals surface area contributed by atoms with Gasteiger partial charge in [0.1, 0.15) is 23.0 Å². The number of methoxy groups -OCH3 is 1. The average molecular weight is 485 g/mol. The van der Waals surface area contributed by atoms with Crippen molar-refractivity contribution < 1.29 is 9.13 Å². The van der Waals surface area contributed by atoms with Crippen LogP contribution >= 0.6 is 0 Å². The van der Waals surface area contributed by atoms with Gasteiger partial charge in [-0.15, -0.1) is 0 Å². The van der Waals surface area contributed by atoms with Crippen molar-refractivity contribution in [2.75, 3.05) is 38.2 Å². The van der Waals surface area contributed by atoms with Crippen LogP contribution in [0.5, 0.6) is 5.88 Å². The van der Waals surface area contributed by atoms with Gasteiger partial charge in [0, 0.05) is 45.5 Å². The number of fused-ring (bicyclic) bond motifs is 1. The largest absolute Gasteiger partial charge is 0.481 e. The number of aryl methyl sites for hydroxylation is 1. The number of rotatable bonds is 5. The Kier molecular flexibility index (Phi) is 6.36. The minimum atomic E-state index is -0.355. The van der Waals surface area contributed by atoms with Crippen LogP contribution in [-0.4, -0.2) is 52.7 Å². The van der Waals surface area contributed by atoms with Crippen LogP contribution < -0.4 is 15.2 Å². The Bertz CT molecular complexity index is 1490. The van der Waals surface area contributed by atoms with Gasteiger partial charge in [-0.25, -0.2) is 9.37 Å². The molecule has 1 saturated heterocycles.